The molecule has 0 radical (unpaired) electrons. The van der Waals surface area contributed by atoms with Gasteiger partial charge in [0.15, 0.2) is 0 Å². The lowest BCUT2D eigenvalue weighted by molar-refractivity contribution is 0.151. The smallest absolute Gasteiger partial charge is 0.0467 e. The second-order valence-corrected chi connectivity index (χ2v) is 6.91. The van der Waals surface area contributed by atoms with Crippen LogP contribution >= 0.6 is 15.9 Å². The van der Waals surface area contributed by atoms with Crippen LogP contribution < -0.4 is 5.73 Å². The van der Waals surface area contributed by atoms with Gasteiger partial charge < -0.3 is 10.6 Å². The number of likely N-dealkylation sites (N-methyl/N-ethyl adjacent to an activating group) is 1. The van der Waals surface area contributed by atoms with Gasteiger partial charge in [-0.25, -0.2) is 0 Å². The summed E-state index contributed by atoms with van der Waals surface area (Å²) in [6.45, 7) is 4.26. The number of benzene rings is 1. The van der Waals surface area contributed by atoms with Gasteiger partial charge >= 0.3 is 0 Å². The quantitative estimate of drug-likeness (QED) is 0.895. The van der Waals surface area contributed by atoms with E-state index in [0.29, 0.717) is 12.6 Å². The molecule has 1 unspecified atom stereocenters. The first kappa shape index (κ1) is 16.0. The van der Waals surface area contributed by atoms with Crippen LogP contribution in [0.25, 0.3) is 0 Å². The first-order chi connectivity index (χ1) is 9.60. The van der Waals surface area contributed by atoms with Crippen molar-refractivity contribution in [2.75, 3.05) is 40.3 Å². The minimum Gasteiger partial charge on any atom is -0.329 e. The second kappa shape index (κ2) is 7.55. The Hall–Kier alpha value is -0.420. The summed E-state index contributed by atoms with van der Waals surface area (Å²) in [6, 6.07) is 8.82. The standard InChI is InChI=1S/C16H26BrN3/c1-19-8-6-13(7-9-19)12-20(2)16(11-18)14-4-3-5-15(17)10-14/h3-5,10,13,16H,6-9,11-12,18H2,1-2H3. The van der Waals surface area contributed by atoms with Gasteiger partial charge in [0.2, 0.25) is 0 Å². The number of piperidine rings is 1. The minimum absolute atomic E-state index is 0.312. The maximum Gasteiger partial charge on any atom is 0.0467 e. The number of nitrogens with two attached hydrogens (primary N) is 1. The van der Waals surface area contributed by atoms with Crippen LogP contribution in [0.15, 0.2) is 28.7 Å². The second-order valence-electron chi connectivity index (χ2n) is 5.99. The molecule has 0 amide bonds. The van der Waals surface area contributed by atoms with E-state index in [1.165, 1.54) is 31.5 Å². The molecule has 1 aromatic rings. The molecule has 1 atom stereocenters. The van der Waals surface area contributed by atoms with Gasteiger partial charge in [0, 0.05) is 23.6 Å². The number of hydrogen-bond acceptors (Lipinski definition) is 3. The van der Waals surface area contributed by atoms with Gasteiger partial charge in [0.25, 0.3) is 0 Å². The predicted octanol–water partition coefficient (Wildman–Crippen LogP) is 2.72. The summed E-state index contributed by atoms with van der Waals surface area (Å²) in [5, 5.41) is 0. The Kier molecular flexibility index (Phi) is 6.02. The van der Waals surface area contributed by atoms with E-state index in [0.717, 1.165) is 16.9 Å². The first-order valence-corrected chi connectivity index (χ1v) is 8.23. The zero-order chi connectivity index (χ0) is 14.5. The highest BCUT2D eigenvalue weighted by Gasteiger charge is 2.22. The molecule has 1 aliphatic heterocycles. The maximum atomic E-state index is 6.02. The van der Waals surface area contributed by atoms with Crippen molar-refractivity contribution in [2.24, 2.45) is 11.7 Å². The van der Waals surface area contributed by atoms with Crippen LogP contribution in [0.3, 0.4) is 0 Å². The van der Waals surface area contributed by atoms with Crippen LogP contribution in [0, 0.1) is 5.92 Å². The van der Waals surface area contributed by atoms with Crippen molar-refractivity contribution >= 4 is 15.9 Å². The molecule has 1 saturated heterocycles. The van der Waals surface area contributed by atoms with Crippen LogP contribution in [-0.2, 0) is 0 Å². The van der Waals surface area contributed by atoms with Gasteiger partial charge in [0.1, 0.15) is 0 Å². The average Bonchev–Trinajstić information content (AvgIpc) is 2.42. The Balaban J connectivity index is 1.97. The van der Waals surface area contributed by atoms with Crippen LogP contribution in [0.4, 0.5) is 0 Å². The number of hydrogen-bond donors (Lipinski definition) is 1. The fraction of sp³-hybridized carbons (Fsp3) is 0.625. The maximum absolute atomic E-state index is 6.02. The van der Waals surface area contributed by atoms with E-state index in [1.54, 1.807) is 0 Å². The van der Waals surface area contributed by atoms with Crippen molar-refractivity contribution in [3.8, 4) is 0 Å². The van der Waals surface area contributed by atoms with Gasteiger partial charge in [-0.05, 0) is 63.6 Å². The van der Waals surface area contributed by atoms with Gasteiger partial charge in [-0.15, -0.1) is 0 Å². The third-order valence-corrected chi connectivity index (χ3v) is 4.87. The summed E-state index contributed by atoms with van der Waals surface area (Å²) in [5.41, 5.74) is 7.32. The van der Waals surface area contributed by atoms with Crippen molar-refractivity contribution in [3.63, 3.8) is 0 Å². The Morgan fingerprint density at radius 2 is 2.10 bits per heavy atom. The molecule has 0 spiro atoms. The van der Waals surface area contributed by atoms with Crippen LogP contribution in [0.2, 0.25) is 0 Å². The fourth-order valence-corrected chi connectivity index (χ4v) is 3.48. The zero-order valence-electron chi connectivity index (χ0n) is 12.6. The van der Waals surface area contributed by atoms with Gasteiger partial charge in [-0.2, -0.15) is 0 Å². The van der Waals surface area contributed by atoms with E-state index in [4.69, 9.17) is 5.73 Å². The van der Waals surface area contributed by atoms with E-state index in [1.807, 2.05) is 0 Å². The molecule has 112 valence electrons. The van der Waals surface area contributed by atoms with Crippen molar-refractivity contribution in [1.82, 2.24) is 9.80 Å². The number of rotatable bonds is 5. The summed E-state index contributed by atoms with van der Waals surface area (Å²) in [6.07, 6.45) is 2.60. The third-order valence-electron chi connectivity index (χ3n) is 4.37. The SMILES string of the molecule is CN1CCC(CN(C)C(CN)c2cccc(Br)c2)CC1. The molecular weight excluding hydrogens is 314 g/mol. The minimum atomic E-state index is 0.312. The molecule has 0 saturated carbocycles. The molecule has 0 aromatic heterocycles. The lowest BCUT2D eigenvalue weighted by atomic mass is 9.95. The van der Waals surface area contributed by atoms with Gasteiger partial charge in [-0.1, -0.05) is 28.1 Å². The molecule has 3 nitrogen and oxygen atoms in total. The third kappa shape index (κ3) is 4.29. The molecule has 1 aromatic carbocycles. The molecule has 1 aliphatic rings. The number of nitrogens with zero attached hydrogens (tertiary/aromatic N) is 2. The van der Waals surface area contributed by atoms with Crippen LogP contribution in [-0.4, -0.2) is 50.1 Å². The summed E-state index contributed by atoms with van der Waals surface area (Å²) >= 11 is 3.55. The van der Waals surface area contributed by atoms with Crippen LogP contribution in [0.5, 0.6) is 0 Å². The molecule has 0 aliphatic carbocycles. The molecule has 1 fully saturated rings. The molecule has 0 bridgehead atoms. The summed E-state index contributed by atoms with van der Waals surface area (Å²) in [4.78, 5) is 4.85. The van der Waals surface area contributed by atoms with E-state index >= 15 is 0 Å². The Morgan fingerprint density at radius 1 is 1.40 bits per heavy atom. The summed E-state index contributed by atoms with van der Waals surface area (Å²) in [5.74, 6) is 0.803. The van der Waals surface area contributed by atoms with Crippen molar-refractivity contribution < 1.29 is 0 Å². The normalized spacial score (nSPS) is 19.4. The lowest BCUT2D eigenvalue weighted by Gasteiger charge is -2.35. The fourth-order valence-electron chi connectivity index (χ4n) is 3.06. The molecule has 4 heteroatoms. The monoisotopic (exact) mass is 339 g/mol. The van der Waals surface area contributed by atoms with Crippen LogP contribution in [0.1, 0.15) is 24.4 Å². The van der Waals surface area contributed by atoms with E-state index in [9.17, 15) is 0 Å². The molecular formula is C16H26BrN3. The highest BCUT2D eigenvalue weighted by Crippen LogP contribution is 2.25. The summed E-state index contributed by atoms with van der Waals surface area (Å²) in [7, 11) is 4.42. The van der Waals surface area contributed by atoms with E-state index < -0.39 is 0 Å². The topological polar surface area (TPSA) is 32.5 Å². The van der Waals surface area contributed by atoms with Crippen molar-refractivity contribution in [2.45, 2.75) is 18.9 Å². The summed E-state index contributed by atoms with van der Waals surface area (Å²) < 4.78 is 1.13. The van der Waals surface area contributed by atoms with E-state index in [-0.39, 0.29) is 0 Å². The molecule has 2 rings (SSSR count). The van der Waals surface area contributed by atoms with Gasteiger partial charge in [0.05, 0.1) is 0 Å². The Bertz CT molecular complexity index is 416. The zero-order valence-corrected chi connectivity index (χ0v) is 14.1. The Morgan fingerprint density at radius 3 is 2.70 bits per heavy atom. The van der Waals surface area contributed by atoms with Gasteiger partial charge in [-0.3, -0.25) is 4.90 Å². The average molecular weight is 340 g/mol. The molecule has 20 heavy (non-hydrogen) atoms. The number of halogens is 1. The van der Waals surface area contributed by atoms with Crippen molar-refractivity contribution in [3.05, 3.63) is 34.3 Å². The lowest BCUT2D eigenvalue weighted by Crippen LogP contribution is -2.38. The predicted molar refractivity (Wildman–Crippen MR) is 88.8 cm³/mol. The number of likely N-dealkylation sites (tertiary alicyclic amines) is 1. The highest BCUT2D eigenvalue weighted by molar-refractivity contribution is 9.10. The molecule has 1 heterocycles. The molecule has 2 N–H and O–H groups in total. The first-order valence-electron chi connectivity index (χ1n) is 7.44. The largest absolute Gasteiger partial charge is 0.329 e. The van der Waals surface area contributed by atoms with Crippen molar-refractivity contribution in [1.29, 1.82) is 0 Å². The Labute approximate surface area is 131 Å². The van der Waals surface area contributed by atoms with E-state index in [2.05, 4.69) is 64.1 Å². The highest BCUT2D eigenvalue weighted by atomic mass is 79.9.